The summed E-state index contributed by atoms with van der Waals surface area (Å²) in [5, 5.41) is 7.15. The second-order valence-corrected chi connectivity index (χ2v) is 6.25. The van der Waals surface area contributed by atoms with Gasteiger partial charge in [-0.05, 0) is 32.3 Å². The van der Waals surface area contributed by atoms with Gasteiger partial charge in [0.2, 0.25) is 17.3 Å². The summed E-state index contributed by atoms with van der Waals surface area (Å²) in [5.74, 6) is -0.934. The standard InChI is InChI=1S/C16H17F3N4O3/c1-9-6-10(7-12(24)20-9)15(25)23-5-3-2-4-11(23)14-22-21-13(26-14)8-16(17,18)19/h6-7,11H,2-5,8H2,1H3,(H,20,24). The van der Waals surface area contributed by atoms with Crippen molar-refractivity contribution >= 4 is 5.91 Å². The van der Waals surface area contributed by atoms with Crippen molar-refractivity contribution in [3.05, 3.63) is 45.5 Å². The lowest BCUT2D eigenvalue weighted by Crippen LogP contribution is -2.39. The zero-order valence-corrected chi connectivity index (χ0v) is 14.0. The van der Waals surface area contributed by atoms with Crippen LogP contribution in [-0.2, 0) is 6.42 Å². The first-order chi connectivity index (χ1) is 12.2. The molecule has 0 aliphatic carbocycles. The first-order valence-electron chi connectivity index (χ1n) is 8.14. The fraction of sp³-hybridized carbons (Fsp3) is 0.500. The second-order valence-electron chi connectivity index (χ2n) is 6.25. The van der Waals surface area contributed by atoms with Crippen LogP contribution in [0.3, 0.4) is 0 Å². The molecule has 10 heteroatoms. The molecule has 0 bridgehead atoms. The van der Waals surface area contributed by atoms with Crippen molar-refractivity contribution in [3.63, 3.8) is 0 Å². The molecule has 1 atom stereocenters. The lowest BCUT2D eigenvalue weighted by Gasteiger charge is -2.33. The van der Waals surface area contributed by atoms with Gasteiger partial charge in [0, 0.05) is 23.9 Å². The highest BCUT2D eigenvalue weighted by atomic mass is 19.4. The minimum Gasteiger partial charge on any atom is -0.423 e. The number of amides is 1. The molecule has 0 spiro atoms. The van der Waals surface area contributed by atoms with Gasteiger partial charge in [0.05, 0.1) is 0 Å². The molecule has 1 unspecified atom stereocenters. The smallest absolute Gasteiger partial charge is 0.397 e. The Balaban J connectivity index is 1.86. The molecule has 1 N–H and O–H groups in total. The predicted molar refractivity (Wildman–Crippen MR) is 83.5 cm³/mol. The Labute approximate surface area is 146 Å². The Hall–Kier alpha value is -2.65. The van der Waals surface area contributed by atoms with Gasteiger partial charge in [0.1, 0.15) is 12.5 Å². The van der Waals surface area contributed by atoms with E-state index in [4.69, 9.17) is 4.42 Å². The topological polar surface area (TPSA) is 92.1 Å². The van der Waals surface area contributed by atoms with Gasteiger partial charge < -0.3 is 14.3 Å². The van der Waals surface area contributed by atoms with Crippen molar-refractivity contribution in [3.8, 4) is 0 Å². The summed E-state index contributed by atoms with van der Waals surface area (Å²) in [6.45, 7) is 2.06. The number of piperidine rings is 1. The van der Waals surface area contributed by atoms with Crippen LogP contribution in [0.4, 0.5) is 13.2 Å². The number of aromatic amines is 1. The normalized spacial score (nSPS) is 18.2. The summed E-state index contributed by atoms with van der Waals surface area (Å²) in [4.78, 5) is 28.5. The minimum atomic E-state index is -4.45. The number of hydrogen-bond acceptors (Lipinski definition) is 5. The summed E-state index contributed by atoms with van der Waals surface area (Å²) in [6, 6.07) is 2.15. The summed E-state index contributed by atoms with van der Waals surface area (Å²) in [5.41, 5.74) is 0.361. The number of pyridine rings is 1. The van der Waals surface area contributed by atoms with Gasteiger partial charge in [-0.3, -0.25) is 9.59 Å². The Bertz CT molecular complexity index is 859. The van der Waals surface area contributed by atoms with Crippen molar-refractivity contribution in [2.24, 2.45) is 0 Å². The van der Waals surface area contributed by atoms with Crippen molar-refractivity contribution < 1.29 is 22.4 Å². The number of carbonyl (C=O) groups is 1. The van der Waals surface area contributed by atoms with Crippen LogP contribution < -0.4 is 5.56 Å². The summed E-state index contributed by atoms with van der Waals surface area (Å²) in [6.07, 6.45) is -3.74. The zero-order chi connectivity index (χ0) is 18.9. The number of halogens is 3. The Morgan fingerprint density at radius 2 is 2.12 bits per heavy atom. The third-order valence-electron chi connectivity index (χ3n) is 4.11. The van der Waals surface area contributed by atoms with Gasteiger partial charge >= 0.3 is 6.18 Å². The van der Waals surface area contributed by atoms with E-state index in [0.717, 1.165) is 12.8 Å². The molecule has 2 aromatic rings. The number of nitrogens with one attached hydrogen (secondary N) is 1. The highest BCUT2D eigenvalue weighted by Gasteiger charge is 2.35. The molecule has 3 heterocycles. The number of hydrogen-bond donors (Lipinski definition) is 1. The number of alkyl halides is 3. The van der Waals surface area contributed by atoms with Gasteiger partial charge in [-0.1, -0.05) is 0 Å². The van der Waals surface area contributed by atoms with Crippen LogP contribution in [0, 0.1) is 6.92 Å². The Kier molecular flexibility index (Phi) is 4.84. The lowest BCUT2D eigenvalue weighted by molar-refractivity contribution is -0.131. The van der Waals surface area contributed by atoms with E-state index in [1.54, 1.807) is 13.0 Å². The molecule has 0 radical (unpaired) electrons. The summed E-state index contributed by atoms with van der Waals surface area (Å²) in [7, 11) is 0. The van der Waals surface area contributed by atoms with E-state index in [2.05, 4.69) is 15.2 Å². The SMILES string of the molecule is Cc1cc(C(=O)N2CCCCC2c2nnc(CC(F)(F)F)o2)cc(=O)[nH]1. The summed E-state index contributed by atoms with van der Waals surface area (Å²) >= 11 is 0. The molecular weight excluding hydrogens is 353 g/mol. The van der Waals surface area contributed by atoms with Gasteiger partial charge in [-0.2, -0.15) is 13.2 Å². The van der Waals surface area contributed by atoms with E-state index in [0.29, 0.717) is 18.7 Å². The maximum absolute atomic E-state index is 12.8. The van der Waals surface area contributed by atoms with Crippen LogP contribution in [0.15, 0.2) is 21.3 Å². The molecule has 140 valence electrons. The molecule has 2 aromatic heterocycles. The van der Waals surface area contributed by atoms with Crippen molar-refractivity contribution in [1.29, 1.82) is 0 Å². The largest absolute Gasteiger partial charge is 0.423 e. The molecule has 1 amide bonds. The van der Waals surface area contributed by atoms with Gasteiger partial charge in [0.15, 0.2) is 0 Å². The van der Waals surface area contributed by atoms with Crippen LogP contribution in [0.2, 0.25) is 0 Å². The average molecular weight is 370 g/mol. The number of aromatic nitrogens is 3. The molecule has 1 saturated heterocycles. The molecule has 0 aromatic carbocycles. The maximum atomic E-state index is 12.8. The van der Waals surface area contributed by atoms with Crippen LogP contribution in [0.5, 0.6) is 0 Å². The fourth-order valence-electron chi connectivity index (χ4n) is 3.05. The molecule has 1 aliphatic heterocycles. The monoisotopic (exact) mass is 370 g/mol. The van der Waals surface area contributed by atoms with E-state index in [9.17, 15) is 22.8 Å². The second kappa shape index (κ2) is 6.93. The lowest BCUT2D eigenvalue weighted by atomic mass is 10.0. The van der Waals surface area contributed by atoms with Crippen LogP contribution in [-0.4, -0.2) is 38.7 Å². The van der Waals surface area contributed by atoms with Crippen LogP contribution in [0.1, 0.15) is 53.1 Å². The molecule has 26 heavy (non-hydrogen) atoms. The van der Waals surface area contributed by atoms with E-state index in [1.807, 2.05) is 0 Å². The predicted octanol–water partition coefficient (Wildman–Crippen LogP) is 2.54. The van der Waals surface area contributed by atoms with Gasteiger partial charge in [-0.25, -0.2) is 0 Å². The zero-order valence-electron chi connectivity index (χ0n) is 14.0. The molecule has 1 aliphatic rings. The van der Waals surface area contributed by atoms with Crippen molar-refractivity contribution in [1.82, 2.24) is 20.1 Å². The van der Waals surface area contributed by atoms with Crippen molar-refractivity contribution in [2.45, 2.75) is 44.8 Å². The summed E-state index contributed by atoms with van der Waals surface area (Å²) < 4.78 is 42.6. The number of likely N-dealkylation sites (tertiary alicyclic amines) is 1. The molecular formula is C16H17F3N4O3. The van der Waals surface area contributed by atoms with E-state index >= 15 is 0 Å². The van der Waals surface area contributed by atoms with E-state index in [-0.39, 0.29) is 17.4 Å². The number of H-pyrrole nitrogens is 1. The first kappa shape index (κ1) is 18.2. The number of rotatable bonds is 3. The first-order valence-corrected chi connectivity index (χ1v) is 8.14. The third-order valence-corrected chi connectivity index (χ3v) is 4.11. The van der Waals surface area contributed by atoms with E-state index in [1.165, 1.54) is 11.0 Å². The average Bonchev–Trinajstić information content (AvgIpc) is 2.99. The fourth-order valence-corrected chi connectivity index (χ4v) is 3.05. The third kappa shape index (κ3) is 4.12. The highest BCUT2D eigenvalue weighted by molar-refractivity contribution is 5.94. The molecule has 1 fully saturated rings. The van der Waals surface area contributed by atoms with Gasteiger partial charge in [0.25, 0.3) is 5.91 Å². The highest BCUT2D eigenvalue weighted by Crippen LogP contribution is 2.32. The number of aryl methyl sites for hydroxylation is 1. The minimum absolute atomic E-state index is 0.0149. The maximum Gasteiger partial charge on any atom is 0.397 e. The van der Waals surface area contributed by atoms with E-state index < -0.39 is 30.1 Å². The quantitative estimate of drug-likeness (QED) is 0.896. The molecule has 7 nitrogen and oxygen atoms in total. The molecule has 0 saturated carbocycles. The number of nitrogens with zero attached hydrogens (tertiary/aromatic N) is 3. The van der Waals surface area contributed by atoms with Crippen molar-refractivity contribution in [2.75, 3.05) is 6.54 Å². The Morgan fingerprint density at radius 3 is 2.81 bits per heavy atom. The van der Waals surface area contributed by atoms with Gasteiger partial charge in [-0.15, -0.1) is 10.2 Å². The Morgan fingerprint density at radius 1 is 1.35 bits per heavy atom. The number of carbonyl (C=O) groups excluding carboxylic acids is 1. The molecule has 3 rings (SSSR count). The van der Waals surface area contributed by atoms with Crippen LogP contribution >= 0.6 is 0 Å². The van der Waals surface area contributed by atoms with Crippen LogP contribution in [0.25, 0.3) is 0 Å².